The van der Waals surface area contributed by atoms with E-state index in [-0.39, 0.29) is 0 Å². The van der Waals surface area contributed by atoms with Gasteiger partial charge < -0.3 is 10.2 Å². The summed E-state index contributed by atoms with van der Waals surface area (Å²) in [6, 6.07) is 1.64. The Morgan fingerprint density at radius 2 is 2.06 bits per heavy atom. The standard InChI is InChI=1S/C14H28N2/c1-12(15-2)6-4-10-16-11-5-8-13-7-3-9-14(13)16/h12-15H,3-11H2,1-2H3. The monoisotopic (exact) mass is 224 g/mol. The summed E-state index contributed by atoms with van der Waals surface area (Å²) in [5.74, 6) is 1.05. The Morgan fingerprint density at radius 1 is 1.25 bits per heavy atom. The van der Waals surface area contributed by atoms with E-state index in [9.17, 15) is 0 Å². The zero-order valence-electron chi connectivity index (χ0n) is 11.0. The number of piperidine rings is 1. The largest absolute Gasteiger partial charge is 0.317 e. The van der Waals surface area contributed by atoms with Crippen LogP contribution in [0.4, 0.5) is 0 Å². The predicted molar refractivity (Wildman–Crippen MR) is 69.7 cm³/mol. The number of fused-ring (bicyclic) bond motifs is 1. The van der Waals surface area contributed by atoms with E-state index in [2.05, 4.69) is 24.2 Å². The van der Waals surface area contributed by atoms with Crippen molar-refractivity contribution in [1.29, 1.82) is 0 Å². The van der Waals surface area contributed by atoms with E-state index in [0.29, 0.717) is 6.04 Å². The Kier molecular flexibility index (Phi) is 4.66. The molecule has 0 bridgehead atoms. The fourth-order valence-corrected chi connectivity index (χ4v) is 3.58. The average Bonchev–Trinajstić information content (AvgIpc) is 2.77. The molecule has 94 valence electrons. The van der Waals surface area contributed by atoms with Gasteiger partial charge in [-0.1, -0.05) is 6.42 Å². The molecule has 2 aliphatic rings. The van der Waals surface area contributed by atoms with E-state index in [4.69, 9.17) is 0 Å². The highest BCUT2D eigenvalue weighted by Gasteiger charge is 2.34. The molecule has 3 unspecified atom stereocenters. The molecule has 0 aromatic carbocycles. The summed E-state index contributed by atoms with van der Waals surface area (Å²) in [5, 5.41) is 3.33. The van der Waals surface area contributed by atoms with Gasteiger partial charge in [0.15, 0.2) is 0 Å². The molecule has 1 N–H and O–H groups in total. The van der Waals surface area contributed by atoms with Gasteiger partial charge in [-0.05, 0) is 71.5 Å². The molecule has 1 saturated carbocycles. The maximum atomic E-state index is 3.33. The van der Waals surface area contributed by atoms with E-state index >= 15 is 0 Å². The van der Waals surface area contributed by atoms with E-state index in [0.717, 1.165) is 12.0 Å². The molecule has 2 nitrogen and oxygen atoms in total. The topological polar surface area (TPSA) is 15.3 Å². The van der Waals surface area contributed by atoms with E-state index in [1.165, 1.54) is 58.0 Å². The lowest BCUT2D eigenvalue weighted by Crippen LogP contribution is -2.43. The van der Waals surface area contributed by atoms with Crippen molar-refractivity contribution in [2.75, 3.05) is 20.1 Å². The summed E-state index contributed by atoms with van der Waals surface area (Å²) < 4.78 is 0. The van der Waals surface area contributed by atoms with Crippen molar-refractivity contribution in [1.82, 2.24) is 10.2 Å². The van der Waals surface area contributed by atoms with E-state index in [1.807, 2.05) is 0 Å². The molecule has 0 aromatic heterocycles. The lowest BCUT2D eigenvalue weighted by molar-refractivity contribution is 0.110. The Balaban J connectivity index is 1.71. The van der Waals surface area contributed by atoms with E-state index in [1.54, 1.807) is 0 Å². The van der Waals surface area contributed by atoms with Crippen molar-refractivity contribution in [3.63, 3.8) is 0 Å². The van der Waals surface area contributed by atoms with Crippen LogP contribution >= 0.6 is 0 Å². The van der Waals surface area contributed by atoms with Crippen LogP contribution in [-0.2, 0) is 0 Å². The number of nitrogens with zero attached hydrogens (tertiary/aromatic N) is 1. The number of hydrogen-bond donors (Lipinski definition) is 1. The van der Waals surface area contributed by atoms with Crippen LogP contribution in [0.5, 0.6) is 0 Å². The molecule has 1 aliphatic carbocycles. The normalized spacial score (nSPS) is 32.6. The third-order valence-corrected chi connectivity index (χ3v) is 4.68. The van der Waals surface area contributed by atoms with Crippen LogP contribution in [0.15, 0.2) is 0 Å². The highest BCUT2D eigenvalue weighted by molar-refractivity contribution is 4.89. The average molecular weight is 224 g/mol. The minimum absolute atomic E-state index is 0.684. The van der Waals surface area contributed by atoms with Crippen LogP contribution < -0.4 is 5.32 Å². The Morgan fingerprint density at radius 3 is 2.88 bits per heavy atom. The summed E-state index contributed by atoms with van der Waals surface area (Å²) in [7, 11) is 2.07. The molecule has 1 heterocycles. The summed E-state index contributed by atoms with van der Waals surface area (Å²) in [6.07, 6.45) is 10.1. The smallest absolute Gasteiger partial charge is 0.0123 e. The van der Waals surface area contributed by atoms with Gasteiger partial charge in [-0.25, -0.2) is 0 Å². The van der Waals surface area contributed by atoms with Crippen molar-refractivity contribution in [3.05, 3.63) is 0 Å². The van der Waals surface area contributed by atoms with Gasteiger partial charge in [0.2, 0.25) is 0 Å². The van der Waals surface area contributed by atoms with Crippen LogP contribution in [0, 0.1) is 5.92 Å². The molecule has 1 saturated heterocycles. The second-order valence-electron chi connectivity index (χ2n) is 5.77. The Labute approximate surface area is 101 Å². The van der Waals surface area contributed by atoms with Crippen LogP contribution in [0.2, 0.25) is 0 Å². The molecule has 2 rings (SSSR count). The summed E-state index contributed by atoms with van der Waals surface area (Å²) in [5.41, 5.74) is 0. The van der Waals surface area contributed by atoms with Crippen molar-refractivity contribution in [2.24, 2.45) is 5.92 Å². The van der Waals surface area contributed by atoms with Gasteiger partial charge in [0, 0.05) is 12.1 Å². The van der Waals surface area contributed by atoms with Gasteiger partial charge in [0.05, 0.1) is 0 Å². The summed E-state index contributed by atoms with van der Waals surface area (Å²) >= 11 is 0. The van der Waals surface area contributed by atoms with Crippen LogP contribution in [-0.4, -0.2) is 37.1 Å². The molecule has 0 amide bonds. The number of rotatable bonds is 5. The maximum Gasteiger partial charge on any atom is 0.0123 e. The van der Waals surface area contributed by atoms with Gasteiger partial charge in [0.25, 0.3) is 0 Å². The van der Waals surface area contributed by atoms with Gasteiger partial charge in [-0.15, -0.1) is 0 Å². The minimum atomic E-state index is 0.684. The first-order valence-corrected chi connectivity index (χ1v) is 7.22. The van der Waals surface area contributed by atoms with Crippen molar-refractivity contribution < 1.29 is 0 Å². The third-order valence-electron chi connectivity index (χ3n) is 4.68. The Hall–Kier alpha value is -0.0800. The predicted octanol–water partition coefficient (Wildman–Crippen LogP) is 2.64. The van der Waals surface area contributed by atoms with E-state index < -0.39 is 0 Å². The SMILES string of the molecule is CNC(C)CCCN1CCCC2CCCC21. The molecule has 3 atom stereocenters. The fourth-order valence-electron chi connectivity index (χ4n) is 3.58. The number of hydrogen-bond acceptors (Lipinski definition) is 2. The van der Waals surface area contributed by atoms with Gasteiger partial charge >= 0.3 is 0 Å². The van der Waals surface area contributed by atoms with Crippen LogP contribution in [0.1, 0.15) is 51.9 Å². The molecule has 16 heavy (non-hydrogen) atoms. The van der Waals surface area contributed by atoms with Crippen molar-refractivity contribution >= 4 is 0 Å². The van der Waals surface area contributed by atoms with Crippen LogP contribution in [0.3, 0.4) is 0 Å². The highest BCUT2D eigenvalue weighted by atomic mass is 15.2. The number of nitrogens with one attached hydrogen (secondary N) is 1. The first-order chi connectivity index (χ1) is 7.81. The second kappa shape index (κ2) is 6.02. The highest BCUT2D eigenvalue weighted by Crippen LogP contribution is 2.36. The molecule has 2 fully saturated rings. The maximum absolute atomic E-state index is 3.33. The molecular weight excluding hydrogens is 196 g/mol. The van der Waals surface area contributed by atoms with Gasteiger partial charge in [-0.2, -0.15) is 0 Å². The molecule has 2 heteroatoms. The number of likely N-dealkylation sites (tertiary alicyclic amines) is 1. The lowest BCUT2D eigenvalue weighted by atomic mass is 9.92. The first kappa shape index (κ1) is 12.4. The van der Waals surface area contributed by atoms with Crippen LogP contribution in [0.25, 0.3) is 0 Å². The fraction of sp³-hybridized carbons (Fsp3) is 1.00. The molecule has 0 aromatic rings. The molecule has 0 radical (unpaired) electrons. The summed E-state index contributed by atoms with van der Waals surface area (Å²) in [4.78, 5) is 2.80. The van der Waals surface area contributed by atoms with Gasteiger partial charge in [-0.3, -0.25) is 0 Å². The second-order valence-corrected chi connectivity index (χ2v) is 5.77. The van der Waals surface area contributed by atoms with Crippen molar-refractivity contribution in [3.8, 4) is 0 Å². The summed E-state index contributed by atoms with van der Waals surface area (Å²) in [6.45, 7) is 5.00. The Bertz CT molecular complexity index is 205. The molecular formula is C14H28N2. The zero-order chi connectivity index (χ0) is 11.4. The van der Waals surface area contributed by atoms with Gasteiger partial charge in [0.1, 0.15) is 0 Å². The molecule has 0 spiro atoms. The molecule has 1 aliphatic heterocycles. The lowest BCUT2D eigenvalue weighted by Gasteiger charge is -2.38. The minimum Gasteiger partial charge on any atom is -0.317 e. The quantitative estimate of drug-likeness (QED) is 0.772. The van der Waals surface area contributed by atoms with Crippen molar-refractivity contribution in [2.45, 2.75) is 64.0 Å². The zero-order valence-corrected chi connectivity index (χ0v) is 11.0. The first-order valence-electron chi connectivity index (χ1n) is 7.22. The third kappa shape index (κ3) is 2.98.